The lowest BCUT2D eigenvalue weighted by molar-refractivity contribution is 0.396. The molecule has 0 rings (SSSR count). The van der Waals surface area contributed by atoms with Gasteiger partial charge in [-0.05, 0) is 51.3 Å². The SMILES string of the molecule is C/C=C\C(C#N)=CC/C=C(\C)C(C)(C)CCNCC. The third-order valence-electron chi connectivity index (χ3n) is 3.48. The van der Waals surface area contributed by atoms with Crippen LogP contribution in [0, 0.1) is 16.7 Å². The minimum absolute atomic E-state index is 0.212. The normalized spacial score (nSPS) is 13.9. The highest BCUT2D eigenvalue weighted by atomic mass is 14.8. The van der Waals surface area contributed by atoms with Crippen LogP contribution in [-0.2, 0) is 0 Å². The zero-order valence-electron chi connectivity index (χ0n) is 13.1. The van der Waals surface area contributed by atoms with Crippen LogP contribution in [0.4, 0.5) is 0 Å². The van der Waals surface area contributed by atoms with E-state index in [0.717, 1.165) is 31.5 Å². The minimum atomic E-state index is 0.212. The fourth-order valence-corrected chi connectivity index (χ4v) is 1.74. The summed E-state index contributed by atoms with van der Waals surface area (Å²) in [5, 5.41) is 12.3. The van der Waals surface area contributed by atoms with E-state index in [-0.39, 0.29) is 5.41 Å². The standard InChI is InChI=1S/C17H28N2/c1-6-9-16(14-18)11-8-10-15(3)17(4,5)12-13-19-7-2/h6,9-11,19H,7-8,12-13H2,1-5H3/b9-6-,15-10+,16-11?. The van der Waals surface area contributed by atoms with Crippen LogP contribution in [0.15, 0.2) is 35.5 Å². The molecule has 0 aliphatic heterocycles. The van der Waals surface area contributed by atoms with Crippen molar-refractivity contribution in [1.29, 1.82) is 5.26 Å². The van der Waals surface area contributed by atoms with Gasteiger partial charge >= 0.3 is 0 Å². The van der Waals surface area contributed by atoms with Crippen LogP contribution >= 0.6 is 0 Å². The maximum absolute atomic E-state index is 8.93. The predicted molar refractivity (Wildman–Crippen MR) is 83.8 cm³/mol. The van der Waals surface area contributed by atoms with Crippen LogP contribution in [0.2, 0.25) is 0 Å². The molecule has 0 spiro atoms. The quantitative estimate of drug-likeness (QED) is 0.304. The summed E-state index contributed by atoms with van der Waals surface area (Å²) in [4.78, 5) is 0. The van der Waals surface area contributed by atoms with Gasteiger partial charge in [-0.2, -0.15) is 5.26 Å². The molecule has 0 atom stereocenters. The van der Waals surface area contributed by atoms with Crippen molar-refractivity contribution in [1.82, 2.24) is 5.32 Å². The van der Waals surface area contributed by atoms with Crippen molar-refractivity contribution in [3.8, 4) is 6.07 Å². The molecule has 0 saturated heterocycles. The van der Waals surface area contributed by atoms with E-state index in [4.69, 9.17) is 5.26 Å². The van der Waals surface area contributed by atoms with Crippen LogP contribution < -0.4 is 5.32 Å². The molecule has 0 aromatic heterocycles. The third-order valence-corrected chi connectivity index (χ3v) is 3.48. The van der Waals surface area contributed by atoms with Gasteiger partial charge in [0.1, 0.15) is 0 Å². The van der Waals surface area contributed by atoms with E-state index in [1.54, 1.807) is 0 Å². The Balaban J connectivity index is 4.51. The third kappa shape index (κ3) is 7.64. The fraction of sp³-hybridized carbons (Fsp3) is 0.588. The Morgan fingerprint density at radius 2 is 2.00 bits per heavy atom. The highest BCUT2D eigenvalue weighted by molar-refractivity contribution is 5.33. The molecular formula is C17H28N2. The molecule has 0 unspecified atom stereocenters. The van der Waals surface area contributed by atoms with Gasteiger partial charge in [0, 0.05) is 5.57 Å². The Bertz CT molecular complexity index is 379. The first-order valence-electron chi connectivity index (χ1n) is 7.08. The maximum atomic E-state index is 8.93. The van der Waals surface area contributed by atoms with Crippen LogP contribution in [0.3, 0.4) is 0 Å². The Labute approximate surface area is 118 Å². The highest BCUT2D eigenvalue weighted by Crippen LogP contribution is 2.29. The first-order chi connectivity index (χ1) is 8.97. The van der Waals surface area contributed by atoms with Gasteiger partial charge in [0.2, 0.25) is 0 Å². The van der Waals surface area contributed by atoms with Gasteiger partial charge in [-0.3, -0.25) is 0 Å². The van der Waals surface area contributed by atoms with Gasteiger partial charge in [0.15, 0.2) is 0 Å². The first kappa shape index (κ1) is 17.7. The zero-order chi connectivity index (χ0) is 14.7. The molecule has 0 aromatic carbocycles. The molecule has 0 heterocycles. The van der Waals surface area contributed by atoms with Crippen molar-refractivity contribution in [3.63, 3.8) is 0 Å². The highest BCUT2D eigenvalue weighted by Gasteiger charge is 2.18. The summed E-state index contributed by atoms with van der Waals surface area (Å²) in [6.45, 7) is 12.9. The summed E-state index contributed by atoms with van der Waals surface area (Å²) in [6, 6.07) is 2.19. The number of nitriles is 1. The Morgan fingerprint density at radius 1 is 1.32 bits per heavy atom. The van der Waals surface area contributed by atoms with Crippen LogP contribution in [-0.4, -0.2) is 13.1 Å². The topological polar surface area (TPSA) is 35.8 Å². The molecule has 0 saturated carbocycles. The number of nitrogens with one attached hydrogen (secondary N) is 1. The Kier molecular flexibility index (Phi) is 8.91. The summed E-state index contributed by atoms with van der Waals surface area (Å²) < 4.78 is 0. The number of nitrogens with zero attached hydrogens (tertiary/aromatic N) is 1. The molecule has 19 heavy (non-hydrogen) atoms. The molecule has 0 aromatic rings. The van der Waals surface area contributed by atoms with Crippen LogP contribution in [0.1, 0.15) is 47.5 Å². The van der Waals surface area contributed by atoms with E-state index in [0.29, 0.717) is 0 Å². The van der Waals surface area contributed by atoms with Crippen LogP contribution in [0.25, 0.3) is 0 Å². The second-order valence-electron chi connectivity index (χ2n) is 5.38. The second kappa shape index (κ2) is 9.58. The molecule has 0 aliphatic rings. The molecule has 0 aliphatic carbocycles. The summed E-state index contributed by atoms with van der Waals surface area (Å²) >= 11 is 0. The van der Waals surface area contributed by atoms with E-state index >= 15 is 0 Å². The lowest BCUT2D eigenvalue weighted by atomic mass is 9.81. The van der Waals surface area contributed by atoms with Gasteiger partial charge < -0.3 is 5.32 Å². The van der Waals surface area contributed by atoms with Crippen molar-refractivity contribution in [2.24, 2.45) is 5.41 Å². The molecule has 0 amide bonds. The predicted octanol–water partition coefficient (Wildman–Crippen LogP) is 4.37. The maximum Gasteiger partial charge on any atom is 0.0988 e. The summed E-state index contributed by atoms with van der Waals surface area (Å²) in [5.74, 6) is 0. The Hall–Kier alpha value is -1.33. The monoisotopic (exact) mass is 260 g/mol. The van der Waals surface area contributed by atoms with Gasteiger partial charge in [-0.1, -0.05) is 44.6 Å². The van der Waals surface area contributed by atoms with E-state index in [9.17, 15) is 0 Å². The molecule has 106 valence electrons. The van der Waals surface area contributed by atoms with E-state index in [1.807, 2.05) is 25.2 Å². The average Bonchev–Trinajstić information content (AvgIpc) is 2.37. The van der Waals surface area contributed by atoms with Crippen molar-refractivity contribution in [2.75, 3.05) is 13.1 Å². The second-order valence-corrected chi connectivity index (χ2v) is 5.38. The van der Waals surface area contributed by atoms with Crippen LogP contribution in [0.5, 0.6) is 0 Å². The van der Waals surface area contributed by atoms with E-state index in [2.05, 4.69) is 45.2 Å². The zero-order valence-corrected chi connectivity index (χ0v) is 13.1. The van der Waals surface area contributed by atoms with Crippen molar-refractivity contribution in [2.45, 2.75) is 47.5 Å². The van der Waals surface area contributed by atoms with Gasteiger partial charge in [0.25, 0.3) is 0 Å². The minimum Gasteiger partial charge on any atom is -0.317 e. The van der Waals surface area contributed by atoms with Gasteiger partial charge in [0.05, 0.1) is 6.07 Å². The molecular weight excluding hydrogens is 232 g/mol. The molecule has 0 fully saturated rings. The molecule has 0 bridgehead atoms. The van der Waals surface area contributed by atoms with Crippen molar-refractivity contribution in [3.05, 3.63) is 35.5 Å². The molecule has 2 nitrogen and oxygen atoms in total. The first-order valence-corrected chi connectivity index (χ1v) is 7.08. The lowest BCUT2D eigenvalue weighted by Gasteiger charge is -2.26. The Morgan fingerprint density at radius 3 is 2.53 bits per heavy atom. The smallest absolute Gasteiger partial charge is 0.0988 e. The van der Waals surface area contributed by atoms with E-state index in [1.165, 1.54) is 5.57 Å². The van der Waals surface area contributed by atoms with Gasteiger partial charge in [-0.25, -0.2) is 0 Å². The average molecular weight is 260 g/mol. The largest absolute Gasteiger partial charge is 0.317 e. The van der Waals surface area contributed by atoms with Crippen molar-refractivity contribution < 1.29 is 0 Å². The lowest BCUT2D eigenvalue weighted by Crippen LogP contribution is -2.23. The number of rotatable bonds is 8. The van der Waals surface area contributed by atoms with Gasteiger partial charge in [-0.15, -0.1) is 0 Å². The fourth-order valence-electron chi connectivity index (χ4n) is 1.74. The number of allylic oxidation sites excluding steroid dienone is 6. The molecule has 1 N–H and O–H groups in total. The summed E-state index contributed by atoms with van der Waals surface area (Å²) in [5.41, 5.74) is 2.33. The number of hydrogen-bond acceptors (Lipinski definition) is 2. The molecule has 0 radical (unpaired) electrons. The molecule has 2 heteroatoms. The summed E-state index contributed by atoms with van der Waals surface area (Å²) in [7, 11) is 0. The van der Waals surface area contributed by atoms with Crippen molar-refractivity contribution >= 4 is 0 Å². The van der Waals surface area contributed by atoms with E-state index < -0.39 is 0 Å². The number of hydrogen-bond donors (Lipinski definition) is 1. The summed E-state index contributed by atoms with van der Waals surface area (Å²) in [6.07, 6.45) is 9.90.